The Hall–Kier alpha value is -0.710. The zero-order valence-electron chi connectivity index (χ0n) is 9.41. The molecule has 1 N–H and O–H groups in total. The average Bonchev–Trinajstić information content (AvgIpc) is 2.74. The van der Waals surface area contributed by atoms with Crippen molar-refractivity contribution < 1.29 is 4.39 Å². The third-order valence-electron chi connectivity index (χ3n) is 2.58. The Balaban J connectivity index is 2.43. The molecular formula is C13H13BrFNS. The molecule has 0 radical (unpaired) electrons. The lowest BCUT2D eigenvalue weighted by atomic mass is 10.0. The fourth-order valence-corrected chi connectivity index (χ4v) is 3.35. The number of hydrogen-bond donors (Lipinski definition) is 1. The van der Waals surface area contributed by atoms with Gasteiger partial charge in [-0.1, -0.05) is 25.1 Å². The number of benzene rings is 1. The molecule has 1 nitrogen and oxygen atoms in total. The summed E-state index contributed by atoms with van der Waals surface area (Å²) in [5, 5.41) is 7.38. The van der Waals surface area contributed by atoms with Crippen molar-refractivity contribution >= 4 is 27.3 Å². The Morgan fingerprint density at radius 3 is 2.65 bits per heavy atom. The van der Waals surface area contributed by atoms with E-state index in [0.29, 0.717) is 5.56 Å². The molecule has 0 saturated carbocycles. The summed E-state index contributed by atoms with van der Waals surface area (Å²) in [6, 6.07) is 6.81. The normalized spacial score (nSPS) is 12.6. The molecule has 2 rings (SSSR count). The van der Waals surface area contributed by atoms with E-state index in [9.17, 15) is 4.39 Å². The number of nitrogens with one attached hydrogen (secondary N) is 1. The van der Waals surface area contributed by atoms with Crippen LogP contribution in [0.25, 0.3) is 0 Å². The summed E-state index contributed by atoms with van der Waals surface area (Å²) in [7, 11) is 0. The highest BCUT2D eigenvalue weighted by molar-refractivity contribution is 9.10. The summed E-state index contributed by atoms with van der Waals surface area (Å²) >= 11 is 5.12. The maximum Gasteiger partial charge on any atom is 0.128 e. The van der Waals surface area contributed by atoms with Crippen LogP contribution in [0.3, 0.4) is 0 Å². The molecule has 0 aliphatic heterocycles. The summed E-state index contributed by atoms with van der Waals surface area (Å²) in [5.41, 5.74) is 1.77. The van der Waals surface area contributed by atoms with Gasteiger partial charge in [0.05, 0.1) is 6.04 Å². The minimum atomic E-state index is -0.170. The van der Waals surface area contributed by atoms with E-state index >= 15 is 0 Å². The van der Waals surface area contributed by atoms with Gasteiger partial charge in [0.1, 0.15) is 5.82 Å². The lowest BCUT2D eigenvalue weighted by molar-refractivity contribution is 0.559. The molecule has 1 atom stereocenters. The van der Waals surface area contributed by atoms with Gasteiger partial charge in [-0.2, -0.15) is 11.3 Å². The molecule has 0 spiro atoms. The predicted octanol–water partition coefficient (Wildman–Crippen LogP) is 4.35. The first-order valence-corrected chi connectivity index (χ1v) is 7.17. The second kappa shape index (κ2) is 5.76. The van der Waals surface area contributed by atoms with Crippen molar-refractivity contribution in [2.75, 3.05) is 6.54 Å². The second-order valence-electron chi connectivity index (χ2n) is 3.69. The summed E-state index contributed by atoms with van der Waals surface area (Å²) in [6.45, 7) is 2.81. The molecule has 90 valence electrons. The van der Waals surface area contributed by atoms with Crippen molar-refractivity contribution in [1.29, 1.82) is 0 Å². The third kappa shape index (κ3) is 2.76. The van der Waals surface area contributed by atoms with Crippen molar-refractivity contribution in [3.05, 3.63) is 56.4 Å². The van der Waals surface area contributed by atoms with E-state index in [0.717, 1.165) is 16.6 Å². The van der Waals surface area contributed by atoms with E-state index < -0.39 is 0 Å². The molecule has 1 aromatic heterocycles. The highest BCUT2D eigenvalue weighted by atomic mass is 79.9. The number of thiophene rings is 1. The molecule has 1 heterocycles. The topological polar surface area (TPSA) is 12.0 Å². The predicted molar refractivity (Wildman–Crippen MR) is 73.9 cm³/mol. The summed E-state index contributed by atoms with van der Waals surface area (Å²) in [5.74, 6) is -0.170. The van der Waals surface area contributed by atoms with Crippen LogP contribution < -0.4 is 5.32 Å². The van der Waals surface area contributed by atoms with Gasteiger partial charge >= 0.3 is 0 Å². The number of halogens is 2. The molecule has 0 bridgehead atoms. The fraction of sp³-hybridized carbons (Fsp3) is 0.231. The van der Waals surface area contributed by atoms with Crippen LogP contribution in [-0.2, 0) is 0 Å². The first-order chi connectivity index (χ1) is 8.24. The molecule has 0 amide bonds. The lowest BCUT2D eigenvalue weighted by Gasteiger charge is -2.18. The minimum absolute atomic E-state index is 0.0955. The Morgan fingerprint density at radius 1 is 1.29 bits per heavy atom. The highest BCUT2D eigenvalue weighted by Gasteiger charge is 2.19. The van der Waals surface area contributed by atoms with Gasteiger partial charge in [-0.15, -0.1) is 0 Å². The van der Waals surface area contributed by atoms with Crippen LogP contribution in [0.4, 0.5) is 4.39 Å². The Kier molecular flexibility index (Phi) is 4.31. The number of hydrogen-bond acceptors (Lipinski definition) is 2. The molecule has 0 aliphatic rings. The van der Waals surface area contributed by atoms with Gasteiger partial charge in [0.25, 0.3) is 0 Å². The van der Waals surface area contributed by atoms with Crippen LogP contribution in [0, 0.1) is 5.82 Å². The van der Waals surface area contributed by atoms with Gasteiger partial charge in [-0.25, -0.2) is 4.39 Å². The van der Waals surface area contributed by atoms with E-state index in [4.69, 9.17) is 0 Å². The molecule has 1 aromatic carbocycles. The van der Waals surface area contributed by atoms with E-state index in [2.05, 4.69) is 21.2 Å². The third-order valence-corrected chi connectivity index (χ3v) is 4.33. The van der Waals surface area contributed by atoms with E-state index in [1.807, 2.05) is 29.8 Å². The minimum Gasteiger partial charge on any atom is -0.306 e. The molecule has 0 aliphatic carbocycles. The first kappa shape index (κ1) is 12.7. The van der Waals surface area contributed by atoms with Gasteiger partial charge in [0, 0.05) is 15.4 Å². The lowest BCUT2D eigenvalue weighted by Crippen LogP contribution is -2.22. The fourth-order valence-electron chi connectivity index (χ4n) is 1.80. The quantitative estimate of drug-likeness (QED) is 0.885. The maximum absolute atomic E-state index is 13.8. The zero-order chi connectivity index (χ0) is 12.3. The van der Waals surface area contributed by atoms with Gasteiger partial charge in [0.2, 0.25) is 0 Å². The van der Waals surface area contributed by atoms with Crippen LogP contribution >= 0.6 is 27.3 Å². The smallest absolute Gasteiger partial charge is 0.128 e. The van der Waals surface area contributed by atoms with E-state index in [1.165, 1.54) is 6.07 Å². The van der Waals surface area contributed by atoms with Gasteiger partial charge in [0.15, 0.2) is 0 Å². The van der Waals surface area contributed by atoms with E-state index in [-0.39, 0.29) is 11.9 Å². The second-order valence-corrected chi connectivity index (χ2v) is 5.29. The molecule has 0 saturated heterocycles. The molecule has 17 heavy (non-hydrogen) atoms. The largest absolute Gasteiger partial charge is 0.306 e. The van der Waals surface area contributed by atoms with Gasteiger partial charge in [-0.05, 0) is 39.5 Å². The van der Waals surface area contributed by atoms with Crippen molar-refractivity contribution in [2.24, 2.45) is 0 Å². The van der Waals surface area contributed by atoms with Gasteiger partial charge in [-0.3, -0.25) is 0 Å². The standard InChI is InChI=1S/C13H13BrFNS/c1-2-16-13(10-7-17-8-11(10)14)9-5-3-4-6-12(9)15/h3-8,13,16H,2H2,1H3. The SMILES string of the molecule is CCNC(c1ccccc1F)c1cscc1Br. The Bertz CT molecular complexity index is 498. The maximum atomic E-state index is 13.8. The molecule has 2 aromatic rings. The van der Waals surface area contributed by atoms with Crippen LogP contribution in [-0.4, -0.2) is 6.54 Å². The van der Waals surface area contributed by atoms with Crippen molar-refractivity contribution in [1.82, 2.24) is 5.32 Å². The zero-order valence-corrected chi connectivity index (χ0v) is 11.8. The van der Waals surface area contributed by atoms with Crippen molar-refractivity contribution in [3.63, 3.8) is 0 Å². The average molecular weight is 314 g/mol. The van der Waals surface area contributed by atoms with E-state index in [1.54, 1.807) is 17.4 Å². The highest BCUT2D eigenvalue weighted by Crippen LogP contribution is 2.32. The number of rotatable bonds is 4. The Morgan fingerprint density at radius 2 is 2.06 bits per heavy atom. The van der Waals surface area contributed by atoms with Crippen molar-refractivity contribution in [3.8, 4) is 0 Å². The summed E-state index contributed by atoms with van der Waals surface area (Å²) < 4.78 is 14.9. The van der Waals surface area contributed by atoms with Crippen LogP contribution in [0.5, 0.6) is 0 Å². The van der Waals surface area contributed by atoms with Crippen LogP contribution in [0.2, 0.25) is 0 Å². The van der Waals surface area contributed by atoms with Crippen molar-refractivity contribution in [2.45, 2.75) is 13.0 Å². The summed E-state index contributed by atoms with van der Waals surface area (Å²) in [6.07, 6.45) is 0. The summed E-state index contributed by atoms with van der Waals surface area (Å²) in [4.78, 5) is 0. The van der Waals surface area contributed by atoms with Gasteiger partial charge < -0.3 is 5.32 Å². The molecule has 4 heteroatoms. The first-order valence-electron chi connectivity index (χ1n) is 5.43. The monoisotopic (exact) mass is 313 g/mol. The van der Waals surface area contributed by atoms with Crippen LogP contribution in [0.1, 0.15) is 24.1 Å². The molecular weight excluding hydrogens is 301 g/mol. The molecule has 0 fully saturated rings. The Labute approximate surface area is 113 Å². The molecule has 1 unspecified atom stereocenters. The van der Waals surface area contributed by atoms with Crippen LogP contribution in [0.15, 0.2) is 39.5 Å².